The van der Waals surface area contributed by atoms with Gasteiger partial charge in [-0.25, -0.2) is 9.78 Å². The van der Waals surface area contributed by atoms with Crippen molar-refractivity contribution < 1.29 is 38.1 Å². The molecule has 0 saturated heterocycles. The van der Waals surface area contributed by atoms with Gasteiger partial charge in [0.05, 0.1) is 61.2 Å². The number of ether oxygens (including phenoxy) is 4. The molecule has 2 unspecified atom stereocenters. The monoisotopic (exact) mass is 760 g/mol. The first-order chi connectivity index (χ1) is 26.8. The van der Waals surface area contributed by atoms with Gasteiger partial charge in [0.25, 0.3) is 0 Å². The van der Waals surface area contributed by atoms with Crippen LogP contribution in [-0.4, -0.2) is 71.2 Å². The minimum atomic E-state index is -1.14. The van der Waals surface area contributed by atoms with Crippen LogP contribution in [-0.2, 0) is 50.0 Å². The van der Waals surface area contributed by atoms with Crippen LogP contribution in [0.2, 0.25) is 0 Å². The molecule has 12 heteroatoms. The number of rotatable bonds is 11. The number of nitrogens with one attached hydrogen (secondary N) is 2. The van der Waals surface area contributed by atoms with E-state index < -0.39 is 23.3 Å². The Bertz CT molecular complexity index is 2430. The van der Waals surface area contributed by atoms with Crippen molar-refractivity contribution >= 4 is 68.7 Å². The maximum absolute atomic E-state index is 14.0. The highest BCUT2D eigenvalue weighted by atomic mass is 16.5. The fourth-order valence-corrected chi connectivity index (χ4v) is 7.98. The molecule has 5 heterocycles. The minimum absolute atomic E-state index is 0.119. The van der Waals surface area contributed by atoms with Crippen molar-refractivity contribution in [1.29, 1.82) is 0 Å². The van der Waals surface area contributed by atoms with Crippen LogP contribution < -0.4 is 0 Å². The lowest BCUT2D eigenvalue weighted by atomic mass is 9.64. The number of esters is 4. The Balaban J connectivity index is 1.75. The van der Waals surface area contributed by atoms with Crippen molar-refractivity contribution in [2.24, 2.45) is 5.92 Å². The number of hydrogen-bond acceptors (Lipinski definition) is 10. The number of carbonyl (C=O) groups is 4. The standard InChI is InChI=1S/C44H48N4O8/c1-10-26-23(4)33-22-38-44(7)30(16-13-29(42(51)55-11-2)41(44)43(52)56-12-3)37(48-38)20-32-25(6)28(15-18-40(50)54-9)36(46-32)21-35-27(14-17-39(49)53-8)24(5)31(45-35)19-34(26)47-33/h10,13,16,19-22,41,46-47H,1,11-12,14-15,17-18H2,2-9H3. The fourth-order valence-electron chi connectivity index (χ4n) is 7.98. The summed E-state index contributed by atoms with van der Waals surface area (Å²) in [5.41, 5.74) is 10.6. The van der Waals surface area contributed by atoms with E-state index in [0.717, 1.165) is 61.0 Å². The van der Waals surface area contributed by atoms with E-state index in [4.69, 9.17) is 28.9 Å². The third kappa shape index (κ3) is 7.00. The van der Waals surface area contributed by atoms with Crippen molar-refractivity contribution in [3.63, 3.8) is 0 Å². The van der Waals surface area contributed by atoms with Crippen LogP contribution >= 0.6 is 0 Å². The van der Waals surface area contributed by atoms with Crippen molar-refractivity contribution in [3.05, 3.63) is 93.6 Å². The highest BCUT2D eigenvalue weighted by Crippen LogP contribution is 2.52. The number of methoxy groups -OCH3 is 2. The summed E-state index contributed by atoms with van der Waals surface area (Å²) in [5.74, 6) is -2.90. The van der Waals surface area contributed by atoms with Gasteiger partial charge in [-0.15, -0.1) is 0 Å². The third-order valence-corrected chi connectivity index (χ3v) is 11.1. The lowest BCUT2D eigenvalue weighted by molar-refractivity contribution is -0.151. The van der Waals surface area contributed by atoms with Crippen LogP contribution in [0.25, 0.3) is 44.9 Å². The fraction of sp³-hybridized carbons (Fsp3) is 0.364. The predicted molar refractivity (Wildman–Crippen MR) is 215 cm³/mol. The number of hydrogen-bond donors (Lipinski definition) is 2. The molecule has 0 fully saturated rings. The summed E-state index contributed by atoms with van der Waals surface area (Å²) in [6.07, 6.45) is 6.35. The summed E-state index contributed by atoms with van der Waals surface area (Å²) in [5, 5.41) is 0. The number of H-pyrrole nitrogens is 2. The van der Waals surface area contributed by atoms with Crippen molar-refractivity contribution in [3.8, 4) is 0 Å². The number of allylic oxidation sites excluding steroid dienone is 5. The zero-order chi connectivity index (χ0) is 40.5. The molecule has 2 aliphatic heterocycles. The Morgan fingerprint density at radius 2 is 1.41 bits per heavy atom. The smallest absolute Gasteiger partial charge is 0.334 e. The highest BCUT2D eigenvalue weighted by Gasteiger charge is 2.53. The Morgan fingerprint density at radius 1 is 0.786 bits per heavy atom. The normalized spacial score (nSPS) is 17.4. The molecule has 0 spiro atoms. The van der Waals surface area contributed by atoms with Crippen LogP contribution in [0, 0.1) is 19.8 Å². The maximum Gasteiger partial charge on any atom is 0.334 e. The van der Waals surface area contributed by atoms with E-state index in [1.54, 1.807) is 26.0 Å². The van der Waals surface area contributed by atoms with E-state index in [9.17, 15) is 19.2 Å². The highest BCUT2D eigenvalue weighted by molar-refractivity contribution is 6.02. The van der Waals surface area contributed by atoms with Crippen LogP contribution in [0.4, 0.5) is 0 Å². The van der Waals surface area contributed by atoms with Crippen LogP contribution in [0.15, 0.2) is 48.6 Å². The zero-order valence-corrected chi connectivity index (χ0v) is 33.2. The minimum Gasteiger partial charge on any atom is -0.469 e. The molecular weight excluding hydrogens is 713 g/mol. The Hall–Kier alpha value is -6.04. The van der Waals surface area contributed by atoms with Crippen molar-refractivity contribution in [2.75, 3.05) is 27.4 Å². The molecule has 0 amide bonds. The van der Waals surface area contributed by atoms with Gasteiger partial charge in [0, 0.05) is 40.5 Å². The van der Waals surface area contributed by atoms with E-state index in [1.807, 2.05) is 58.0 Å². The molecule has 0 saturated carbocycles. The molecule has 3 aromatic rings. The number of aromatic nitrogens is 4. The van der Waals surface area contributed by atoms with Gasteiger partial charge in [0.1, 0.15) is 5.92 Å². The summed E-state index contributed by atoms with van der Waals surface area (Å²) >= 11 is 0. The van der Waals surface area contributed by atoms with E-state index >= 15 is 0 Å². The predicted octanol–water partition coefficient (Wildman–Crippen LogP) is 7.59. The molecule has 56 heavy (non-hydrogen) atoms. The van der Waals surface area contributed by atoms with Crippen molar-refractivity contribution in [1.82, 2.24) is 19.9 Å². The largest absolute Gasteiger partial charge is 0.469 e. The van der Waals surface area contributed by atoms with Crippen LogP contribution in [0.3, 0.4) is 0 Å². The zero-order valence-electron chi connectivity index (χ0n) is 33.2. The van der Waals surface area contributed by atoms with E-state index in [0.29, 0.717) is 35.6 Å². The van der Waals surface area contributed by atoms with Crippen molar-refractivity contribution in [2.45, 2.75) is 72.6 Å². The molecule has 3 aromatic heterocycles. The van der Waals surface area contributed by atoms with Gasteiger partial charge in [-0.1, -0.05) is 24.8 Å². The number of aromatic amines is 2. The average Bonchev–Trinajstić information content (AvgIpc) is 3.83. The lowest BCUT2D eigenvalue weighted by Gasteiger charge is -2.36. The topological polar surface area (TPSA) is 163 Å². The Labute approximate surface area is 325 Å². The average molecular weight is 761 g/mol. The van der Waals surface area contributed by atoms with Gasteiger partial charge in [0.15, 0.2) is 0 Å². The Morgan fingerprint density at radius 3 is 2.07 bits per heavy atom. The molecular formula is C44H48N4O8. The van der Waals surface area contributed by atoms with E-state index in [1.165, 1.54) is 14.2 Å². The van der Waals surface area contributed by atoms with Gasteiger partial charge in [0.2, 0.25) is 0 Å². The molecule has 0 aromatic carbocycles. The SMILES string of the molecule is C=Cc1c(C)c2cc3nc(cc4[nH]c(cc5nc(cc1[nH]2)C(C)=C5CCC(=O)OC)c(CCC(=O)OC)c4C)C1=CC=C(C(=O)OCC)C(C(=O)OCC)C13C. The maximum atomic E-state index is 14.0. The summed E-state index contributed by atoms with van der Waals surface area (Å²) in [7, 11) is 2.74. The number of aryl methyl sites for hydroxylation is 3. The van der Waals surface area contributed by atoms with Crippen LogP contribution in [0.5, 0.6) is 0 Å². The first kappa shape index (κ1) is 39.6. The molecule has 1 aliphatic carbocycles. The molecule has 2 atom stereocenters. The molecule has 12 nitrogen and oxygen atoms in total. The van der Waals surface area contributed by atoms with Gasteiger partial charge in [-0.05, 0) is 112 Å². The second-order valence-electron chi connectivity index (χ2n) is 14.2. The number of carbonyl (C=O) groups excluding carboxylic acids is 4. The summed E-state index contributed by atoms with van der Waals surface area (Å²) in [6, 6.07) is 7.77. The van der Waals surface area contributed by atoms with Gasteiger partial charge in [-0.3, -0.25) is 19.4 Å². The molecule has 292 valence electrons. The van der Waals surface area contributed by atoms with Gasteiger partial charge in [-0.2, -0.15) is 0 Å². The second kappa shape index (κ2) is 16.0. The molecule has 6 rings (SSSR count). The first-order valence-electron chi connectivity index (χ1n) is 18.8. The first-order valence-corrected chi connectivity index (χ1v) is 18.8. The number of nitrogens with zero attached hydrogens (tertiary/aromatic N) is 2. The summed E-state index contributed by atoms with van der Waals surface area (Å²) < 4.78 is 21.1. The molecule has 2 N–H and O–H groups in total. The van der Waals surface area contributed by atoms with Gasteiger partial charge >= 0.3 is 23.9 Å². The number of fused-ring (bicyclic) bond motifs is 11. The second-order valence-corrected chi connectivity index (χ2v) is 14.2. The quantitative estimate of drug-likeness (QED) is 0.147. The molecule has 3 aliphatic rings. The van der Waals surface area contributed by atoms with E-state index in [-0.39, 0.29) is 43.6 Å². The molecule has 0 radical (unpaired) electrons. The summed E-state index contributed by atoms with van der Waals surface area (Å²) in [6.45, 7) is 15.7. The summed E-state index contributed by atoms with van der Waals surface area (Å²) in [4.78, 5) is 69.7. The van der Waals surface area contributed by atoms with Crippen LogP contribution in [0.1, 0.15) is 92.0 Å². The Kier molecular flexibility index (Phi) is 11.3. The lowest BCUT2D eigenvalue weighted by Crippen LogP contribution is -2.42. The van der Waals surface area contributed by atoms with Gasteiger partial charge < -0.3 is 28.9 Å². The molecule has 8 bridgehead atoms. The van der Waals surface area contributed by atoms with E-state index in [2.05, 4.69) is 16.5 Å². The third-order valence-electron chi connectivity index (χ3n) is 11.1.